The number of carbonyl (C=O) groups is 1. The van der Waals surface area contributed by atoms with Gasteiger partial charge in [0, 0.05) is 22.7 Å². The number of halogens is 1. The van der Waals surface area contributed by atoms with E-state index in [1.807, 2.05) is 31.3 Å². The second-order valence-corrected chi connectivity index (χ2v) is 6.44. The summed E-state index contributed by atoms with van der Waals surface area (Å²) in [6.45, 7) is 2.43. The van der Waals surface area contributed by atoms with Gasteiger partial charge in [-0.2, -0.15) is 0 Å². The number of non-ortho nitro benzene ring substituents is 1. The van der Waals surface area contributed by atoms with Gasteiger partial charge in [0.1, 0.15) is 12.3 Å². The van der Waals surface area contributed by atoms with E-state index in [9.17, 15) is 14.9 Å². The first-order valence-corrected chi connectivity index (χ1v) is 8.39. The molecule has 0 bridgehead atoms. The van der Waals surface area contributed by atoms with Gasteiger partial charge in [0.2, 0.25) is 0 Å². The fourth-order valence-corrected chi connectivity index (χ4v) is 2.58. The van der Waals surface area contributed by atoms with Crippen molar-refractivity contribution in [3.63, 3.8) is 0 Å². The first-order chi connectivity index (χ1) is 12.3. The molecule has 2 atom stereocenters. The van der Waals surface area contributed by atoms with E-state index >= 15 is 0 Å². The second kappa shape index (κ2) is 8.64. The molecule has 2 N–H and O–H groups in total. The number of benzene rings is 2. The number of carbonyl (C=O) groups excluding carboxylic acids is 1. The van der Waals surface area contributed by atoms with Crippen molar-refractivity contribution in [2.24, 2.45) is 0 Å². The third-order valence-electron chi connectivity index (χ3n) is 4.18. The normalized spacial score (nSPS) is 12.9. The van der Waals surface area contributed by atoms with Crippen molar-refractivity contribution in [1.82, 2.24) is 0 Å². The molecule has 0 aliphatic carbocycles. The molecule has 0 spiro atoms. The molecule has 8 heteroatoms. The van der Waals surface area contributed by atoms with Crippen LogP contribution in [0.15, 0.2) is 42.5 Å². The third-order valence-corrected chi connectivity index (χ3v) is 4.43. The summed E-state index contributed by atoms with van der Waals surface area (Å²) in [5.74, 6) is 0.113. The van der Waals surface area contributed by atoms with Crippen molar-refractivity contribution >= 4 is 28.9 Å². The SMILES string of the molecule is COc1ccc([N+](=O)[O-])cc1NC(=O)[C@@H](C)[NH+](C)Cc1ccc(Cl)cc1. The molecular weight excluding hydrogens is 358 g/mol. The molecule has 0 fully saturated rings. The molecule has 2 rings (SSSR count). The van der Waals surface area contributed by atoms with Crippen LogP contribution >= 0.6 is 11.6 Å². The van der Waals surface area contributed by atoms with Gasteiger partial charge in [-0.3, -0.25) is 14.9 Å². The lowest BCUT2D eigenvalue weighted by molar-refractivity contribution is -0.907. The molecule has 0 aliphatic heterocycles. The molecule has 0 radical (unpaired) electrons. The van der Waals surface area contributed by atoms with Crippen LogP contribution in [0.5, 0.6) is 5.75 Å². The highest BCUT2D eigenvalue weighted by Gasteiger charge is 2.24. The summed E-state index contributed by atoms with van der Waals surface area (Å²) in [7, 11) is 3.35. The van der Waals surface area contributed by atoms with Gasteiger partial charge >= 0.3 is 0 Å². The van der Waals surface area contributed by atoms with Gasteiger partial charge in [0.25, 0.3) is 11.6 Å². The predicted molar refractivity (Wildman–Crippen MR) is 99.8 cm³/mol. The van der Waals surface area contributed by atoms with Gasteiger partial charge < -0.3 is 15.0 Å². The maximum Gasteiger partial charge on any atom is 0.282 e. The summed E-state index contributed by atoms with van der Waals surface area (Å²) in [6.07, 6.45) is 0. The van der Waals surface area contributed by atoms with Crippen molar-refractivity contribution in [2.45, 2.75) is 19.5 Å². The lowest BCUT2D eigenvalue weighted by atomic mass is 10.2. The van der Waals surface area contributed by atoms with Crippen molar-refractivity contribution in [3.05, 3.63) is 63.2 Å². The van der Waals surface area contributed by atoms with Crippen LogP contribution in [0.1, 0.15) is 12.5 Å². The number of hydrogen-bond acceptors (Lipinski definition) is 4. The van der Waals surface area contributed by atoms with E-state index in [1.165, 1.54) is 25.3 Å². The molecule has 1 amide bonds. The molecule has 0 heterocycles. The number of quaternary nitrogens is 1. The smallest absolute Gasteiger partial charge is 0.282 e. The fourth-order valence-electron chi connectivity index (χ4n) is 2.45. The van der Waals surface area contributed by atoms with Gasteiger partial charge in [-0.25, -0.2) is 0 Å². The minimum absolute atomic E-state index is 0.115. The van der Waals surface area contributed by atoms with E-state index in [0.29, 0.717) is 17.3 Å². The number of rotatable bonds is 7. The van der Waals surface area contributed by atoms with Crippen LogP contribution in [0.2, 0.25) is 5.02 Å². The fraction of sp³-hybridized carbons (Fsp3) is 0.278. The van der Waals surface area contributed by atoms with Crippen molar-refractivity contribution in [1.29, 1.82) is 0 Å². The molecule has 1 unspecified atom stereocenters. The van der Waals surface area contributed by atoms with Crippen molar-refractivity contribution in [3.8, 4) is 5.75 Å². The highest BCUT2D eigenvalue weighted by Crippen LogP contribution is 2.28. The number of nitrogens with zero attached hydrogens (tertiary/aromatic N) is 1. The van der Waals surface area contributed by atoms with Crippen LogP contribution in [0.4, 0.5) is 11.4 Å². The van der Waals surface area contributed by atoms with Crippen LogP contribution in [-0.4, -0.2) is 31.0 Å². The number of methoxy groups -OCH3 is 1. The summed E-state index contributed by atoms with van der Waals surface area (Å²) in [5, 5.41) is 14.3. The Morgan fingerprint density at radius 1 is 1.31 bits per heavy atom. The third kappa shape index (κ3) is 4.93. The summed E-state index contributed by atoms with van der Waals surface area (Å²) in [4.78, 5) is 24.0. The maximum absolute atomic E-state index is 12.6. The van der Waals surface area contributed by atoms with Gasteiger partial charge in [0.05, 0.1) is 24.8 Å². The highest BCUT2D eigenvalue weighted by atomic mass is 35.5. The first kappa shape index (κ1) is 19.7. The number of ether oxygens (including phenoxy) is 1. The minimum Gasteiger partial charge on any atom is -0.495 e. The first-order valence-electron chi connectivity index (χ1n) is 8.02. The van der Waals surface area contributed by atoms with E-state index < -0.39 is 4.92 Å². The Labute approximate surface area is 156 Å². The number of nitro benzene ring substituents is 1. The van der Waals surface area contributed by atoms with E-state index in [4.69, 9.17) is 16.3 Å². The summed E-state index contributed by atoms with van der Waals surface area (Å²) in [6, 6.07) is 11.2. The van der Waals surface area contributed by atoms with E-state index in [2.05, 4.69) is 5.32 Å². The minimum atomic E-state index is -0.517. The number of nitrogens with one attached hydrogen (secondary N) is 2. The van der Waals surface area contributed by atoms with Crippen LogP contribution < -0.4 is 15.0 Å². The summed E-state index contributed by atoms with van der Waals surface area (Å²) < 4.78 is 5.17. The number of nitro groups is 1. The Balaban J connectivity index is 2.09. The molecule has 26 heavy (non-hydrogen) atoms. The van der Waals surface area contributed by atoms with Gasteiger partial charge in [0.15, 0.2) is 6.04 Å². The van der Waals surface area contributed by atoms with Crippen molar-refractivity contribution < 1.29 is 19.4 Å². The number of amides is 1. The number of hydrogen-bond donors (Lipinski definition) is 2. The van der Waals surface area contributed by atoms with Gasteiger partial charge in [-0.05, 0) is 25.1 Å². The molecular formula is C18H21ClN3O4+. The zero-order valence-electron chi connectivity index (χ0n) is 14.8. The zero-order valence-corrected chi connectivity index (χ0v) is 15.5. The van der Waals surface area contributed by atoms with Crippen LogP contribution in [0.25, 0.3) is 0 Å². The molecule has 2 aromatic rings. The summed E-state index contributed by atoms with van der Waals surface area (Å²) in [5.41, 5.74) is 1.22. The average molecular weight is 379 g/mol. The molecule has 0 aromatic heterocycles. The zero-order chi connectivity index (χ0) is 19.3. The van der Waals surface area contributed by atoms with E-state index in [1.54, 1.807) is 6.92 Å². The molecule has 138 valence electrons. The second-order valence-electron chi connectivity index (χ2n) is 6.00. The Morgan fingerprint density at radius 3 is 2.54 bits per heavy atom. The Bertz CT molecular complexity index is 796. The maximum atomic E-state index is 12.6. The van der Waals surface area contributed by atoms with Crippen LogP contribution in [0, 0.1) is 10.1 Å². The lowest BCUT2D eigenvalue weighted by Gasteiger charge is -2.21. The monoisotopic (exact) mass is 378 g/mol. The average Bonchev–Trinajstić information content (AvgIpc) is 2.62. The van der Waals surface area contributed by atoms with Gasteiger partial charge in [-0.15, -0.1) is 0 Å². The molecule has 2 aromatic carbocycles. The molecule has 7 nitrogen and oxygen atoms in total. The molecule has 0 saturated carbocycles. The lowest BCUT2D eigenvalue weighted by Crippen LogP contribution is -3.12. The summed E-state index contributed by atoms with van der Waals surface area (Å²) >= 11 is 5.88. The number of likely N-dealkylation sites (N-methyl/N-ethyl adjacent to an activating group) is 1. The topological polar surface area (TPSA) is 85.9 Å². The predicted octanol–water partition coefficient (Wildman–Crippen LogP) is 2.30. The van der Waals surface area contributed by atoms with E-state index in [-0.39, 0.29) is 23.3 Å². The number of anilines is 1. The molecule has 0 saturated heterocycles. The van der Waals surface area contributed by atoms with Crippen LogP contribution in [-0.2, 0) is 11.3 Å². The van der Waals surface area contributed by atoms with E-state index in [0.717, 1.165) is 10.5 Å². The molecule has 0 aliphatic rings. The van der Waals surface area contributed by atoms with Crippen molar-refractivity contribution in [2.75, 3.05) is 19.5 Å². The quantitative estimate of drug-likeness (QED) is 0.571. The highest BCUT2D eigenvalue weighted by molar-refractivity contribution is 6.30. The Hall–Kier alpha value is -2.64. The Morgan fingerprint density at radius 2 is 1.96 bits per heavy atom. The van der Waals surface area contributed by atoms with Crippen LogP contribution in [0.3, 0.4) is 0 Å². The van der Waals surface area contributed by atoms with Gasteiger partial charge in [-0.1, -0.05) is 23.7 Å². The largest absolute Gasteiger partial charge is 0.495 e. The standard InChI is InChI=1S/C18H20ClN3O4/c1-12(21(2)11-13-4-6-14(19)7-5-13)18(23)20-16-10-15(22(24)25)8-9-17(16)26-3/h4-10,12H,11H2,1-3H3,(H,20,23)/p+1/t12-/m1/s1. The Kier molecular flexibility index (Phi) is 6.54.